The van der Waals surface area contributed by atoms with Crippen molar-refractivity contribution in [1.82, 2.24) is 15.3 Å². The average Bonchev–Trinajstić information content (AvgIpc) is 2.65. The number of anilines is 3. The molecule has 27 heavy (non-hydrogen) atoms. The van der Waals surface area contributed by atoms with Gasteiger partial charge >= 0.3 is 0 Å². The Balaban J connectivity index is 2.01. The van der Waals surface area contributed by atoms with Gasteiger partial charge in [0.15, 0.2) is 0 Å². The third-order valence-corrected chi connectivity index (χ3v) is 4.51. The van der Waals surface area contributed by atoms with E-state index in [0.717, 1.165) is 30.8 Å². The molecule has 0 unspecified atom stereocenters. The highest BCUT2D eigenvalue weighted by atomic mass is 16.1. The van der Waals surface area contributed by atoms with E-state index in [-0.39, 0.29) is 5.91 Å². The number of carbonyl (C=O) groups excluding carboxylic acids is 1. The second-order valence-corrected chi connectivity index (χ2v) is 7.03. The van der Waals surface area contributed by atoms with Crippen molar-refractivity contribution in [2.45, 2.75) is 41.0 Å². The van der Waals surface area contributed by atoms with Crippen LogP contribution in [0.5, 0.6) is 0 Å². The smallest absolute Gasteiger partial charge is 0.254 e. The highest BCUT2D eigenvalue weighted by Crippen LogP contribution is 2.24. The van der Waals surface area contributed by atoms with Gasteiger partial charge in [0.2, 0.25) is 5.95 Å². The van der Waals surface area contributed by atoms with E-state index in [1.54, 1.807) is 12.4 Å². The van der Waals surface area contributed by atoms with Crippen LogP contribution in [0.15, 0.2) is 30.6 Å². The fourth-order valence-electron chi connectivity index (χ4n) is 2.78. The number of carbonyl (C=O) groups is 1. The molecule has 0 radical (unpaired) electrons. The van der Waals surface area contributed by atoms with Crippen molar-refractivity contribution in [3.8, 4) is 0 Å². The summed E-state index contributed by atoms with van der Waals surface area (Å²) in [5.74, 6) is 0.902. The lowest BCUT2D eigenvalue weighted by molar-refractivity contribution is 0.0951. The van der Waals surface area contributed by atoms with Crippen molar-refractivity contribution in [1.29, 1.82) is 0 Å². The number of nitrogens with zero attached hydrogens (tertiary/aromatic N) is 3. The van der Waals surface area contributed by atoms with E-state index in [1.165, 1.54) is 5.69 Å². The Morgan fingerprint density at radius 3 is 2.37 bits per heavy atom. The Morgan fingerprint density at radius 1 is 1.15 bits per heavy atom. The van der Waals surface area contributed by atoms with Crippen molar-refractivity contribution >= 4 is 23.2 Å². The number of rotatable bonds is 9. The van der Waals surface area contributed by atoms with Crippen LogP contribution < -0.4 is 15.5 Å². The zero-order chi connectivity index (χ0) is 19.8. The summed E-state index contributed by atoms with van der Waals surface area (Å²) in [6.07, 6.45) is 4.06. The molecule has 1 heterocycles. The van der Waals surface area contributed by atoms with E-state index in [2.05, 4.69) is 72.3 Å². The minimum absolute atomic E-state index is 0.137. The van der Waals surface area contributed by atoms with Gasteiger partial charge in [-0.25, -0.2) is 9.97 Å². The third kappa shape index (κ3) is 5.94. The largest absolute Gasteiger partial charge is 0.372 e. The van der Waals surface area contributed by atoms with Gasteiger partial charge in [0.05, 0.1) is 5.56 Å². The van der Waals surface area contributed by atoms with Gasteiger partial charge in [-0.15, -0.1) is 0 Å². The summed E-state index contributed by atoms with van der Waals surface area (Å²) in [6.45, 7) is 13.2. The molecule has 1 amide bonds. The first kappa shape index (κ1) is 20.7. The monoisotopic (exact) mass is 369 g/mol. The highest BCUT2D eigenvalue weighted by molar-refractivity contribution is 5.93. The molecule has 0 fully saturated rings. The summed E-state index contributed by atoms with van der Waals surface area (Å²) in [4.78, 5) is 22.9. The summed E-state index contributed by atoms with van der Waals surface area (Å²) >= 11 is 0. The molecule has 2 N–H and O–H groups in total. The molecular weight excluding hydrogens is 338 g/mol. The molecule has 0 bridgehead atoms. The first-order valence-electron chi connectivity index (χ1n) is 9.67. The van der Waals surface area contributed by atoms with Gasteiger partial charge in [-0.3, -0.25) is 4.79 Å². The highest BCUT2D eigenvalue weighted by Gasteiger charge is 2.09. The molecule has 1 aromatic carbocycles. The fraction of sp³-hybridized carbons (Fsp3) is 0.476. The van der Waals surface area contributed by atoms with Crippen LogP contribution >= 0.6 is 0 Å². The van der Waals surface area contributed by atoms with Crippen molar-refractivity contribution in [3.63, 3.8) is 0 Å². The summed E-state index contributed by atoms with van der Waals surface area (Å²) < 4.78 is 0. The molecule has 0 saturated carbocycles. The number of hydrogen-bond acceptors (Lipinski definition) is 5. The predicted octanol–water partition coefficient (Wildman–Crippen LogP) is 4.15. The topological polar surface area (TPSA) is 70.2 Å². The van der Waals surface area contributed by atoms with Crippen LogP contribution in [-0.2, 0) is 0 Å². The fourth-order valence-corrected chi connectivity index (χ4v) is 2.78. The zero-order valence-corrected chi connectivity index (χ0v) is 17.0. The van der Waals surface area contributed by atoms with E-state index in [9.17, 15) is 4.79 Å². The van der Waals surface area contributed by atoms with Gasteiger partial charge in [-0.2, -0.15) is 0 Å². The molecule has 0 spiro atoms. The Labute approximate surface area is 162 Å². The third-order valence-electron chi connectivity index (χ3n) is 4.51. The molecule has 0 aliphatic carbocycles. The van der Waals surface area contributed by atoms with E-state index in [0.29, 0.717) is 24.0 Å². The van der Waals surface area contributed by atoms with Crippen LogP contribution in [0.4, 0.5) is 17.3 Å². The minimum atomic E-state index is -0.137. The minimum Gasteiger partial charge on any atom is -0.372 e. The second kappa shape index (κ2) is 9.90. The lowest BCUT2D eigenvalue weighted by Crippen LogP contribution is -2.25. The van der Waals surface area contributed by atoms with Crippen LogP contribution in [0.2, 0.25) is 0 Å². The van der Waals surface area contributed by atoms with Gasteiger partial charge in [0.1, 0.15) is 0 Å². The standard InChI is InChI=1S/C21H31N5O/c1-6-26(7-2)18-8-9-19(16(5)12-18)25-21-23-13-17(14-24-21)20(27)22-11-10-15(3)4/h8-9,12-15H,6-7,10-11H2,1-5H3,(H,22,27)(H,23,24,25). The maximum atomic E-state index is 12.1. The van der Waals surface area contributed by atoms with Crippen molar-refractivity contribution in [2.75, 3.05) is 29.9 Å². The lowest BCUT2D eigenvalue weighted by atomic mass is 10.1. The Kier molecular flexibility index (Phi) is 7.58. The maximum absolute atomic E-state index is 12.1. The number of hydrogen-bond donors (Lipinski definition) is 2. The van der Waals surface area contributed by atoms with E-state index in [4.69, 9.17) is 0 Å². The molecule has 6 heteroatoms. The van der Waals surface area contributed by atoms with E-state index >= 15 is 0 Å². The van der Waals surface area contributed by atoms with Gasteiger partial charge in [0, 0.05) is 43.4 Å². The van der Waals surface area contributed by atoms with Crippen molar-refractivity contribution in [2.24, 2.45) is 5.92 Å². The molecule has 1 aromatic heterocycles. The molecule has 2 aromatic rings. The SMILES string of the molecule is CCN(CC)c1ccc(Nc2ncc(C(=O)NCCC(C)C)cn2)c(C)c1. The van der Waals surface area contributed by atoms with Crippen LogP contribution in [0.25, 0.3) is 0 Å². The van der Waals surface area contributed by atoms with Gasteiger partial charge in [0.25, 0.3) is 5.91 Å². The average molecular weight is 370 g/mol. The molecular formula is C21H31N5O. The van der Waals surface area contributed by atoms with Gasteiger partial charge in [-0.05, 0) is 56.9 Å². The van der Waals surface area contributed by atoms with Gasteiger partial charge in [-0.1, -0.05) is 13.8 Å². The Bertz CT molecular complexity index is 739. The van der Waals surface area contributed by atoms with Crippen LogP contribution in [-0.4, -0.2) is 35.5 Å². The quantitative estimate of drug-likeness (QED) is 0.695. The van der Waals surface area contributed by atoms with E-state index in [1.807, 2.05) is 6.07 Å². The second-order valence-electron chi connectivity index (χ2n) is 7.03. The van der Waals surface area contributed by atoms with Crippen LogP contribution in [0.1, 0.15) is 50.0 Å². The first-order chi connectivity index (χ1) is 12.9. The molecule has 0 aliphatic heterocycles. The molecule has 146 valence electrons. The molecule has 0 atom stereocenters. The number of amides is 1. The van der Waals surface area contributed by atoms with Gasteiger partial charge < -0.3 is 15.5 Å². The van der Waals surface area contributed by atoms with Crippen molar-refractivity contribution < 1.29 is 4.79 Å². The molecule has 2 rings (SSSR count). The number of benzene rings is 1. The summed E-state index contributed by atoms with van der Waals surface area (Å²) in [5.41, 5.74) is 3.76. The summed E-state index contributed by atoms with van der Waals surface area (Å²) in [5, 5.41) is 6.12. The Hall–Kier alpha value is -2.63. The molecule has 6 nitrogen and oxygen atoms in total. The van der Waals surface area contributed by atoms with Crippen molar-refractivity contribution in [3.05, 3.63) is 41.7 Å². The van der Waals surface area contributed by atoms with Crippen LogP contribution in [0, 0.1) is 12.8 Å². The number of nitrogens with one attached hydrogen (secondary N) is 2. The number of aryl methyl sites for hydroxylation is 1. The summed E-state index contributed by atoms with van der Waals surface area (Å²) in [6, 6.07) is 6.30. The maximum Gasteiger partial charge on any atom is 0.254 e. The summed E-state index contributed by atoms with van der Waals surface area (Å²) in [7, 11) is 0. The lowest BCUT2D eigenvalue weighted by Gasteiger charge is -2.22. The van der Waals surface area contributed by atoms with Crippen LogP contribution in [0.3, 0.4) is 0 Å². The predicted molar refractivity (Wildman–Crippen MR) is 112 cm³/mol. The molecule has 0 aliphatic rings. The first-order valence-corrected chi connectivity index (χ1v) is 9.67. The zero-order valence-electron chi connectivity index (χ0n) is 17.0. The Morgan fingerprint density at radius 2 is 1.81 bits per heavy atom. The number of aromatic nitrogens is 2. The van der Waals surface area contributed by atoms with E-state index < -0.39 is 0 Å². The normalized spacial score (nSPS) is 10.7. The molecule has 0 saturated heterocycles.